The van der Waals surface area contributed by atoms with Crippen molar-refractivity contribution in [3.8, 4) is 5.75 Å². The fraction of sp³-hybridized carbons (Fsp3) is 0.357. The van der Waals surface area contributed by atoms with E-state index in [1.54, 1.807) is 21.0 Å². The second-order valence-electron chi connectivity index (χ2n) is 4.68. The molecule has 0 saturated heterocycles. The van der Waals surface area contributed by atoms with Crippen LogP contribution in [-0.4, -0.2) is 23.3 Å². The lowest BCUT2D eigenvalue weighted by molar-refractivity contribution is 0.233. The molecule has 8 heteroatoms. The molecular formula is C14H17BrN4O3. The fourth-order valence-electron chi connectivity index (χ4n) is 1.86. The molecule has 2 amide bonds. The summed E-state index contributed by atoms with van der Waals surface area (Å²) < 4.78 is 11.2. The summed E-state index contributed by atoms with van der Waals surface area (Å²) in [4.78, 5) is 16.0. The monoisotopic (exact) mass is 368 g/mol. The highest BCUT2D eigenvalue weighted by atomic mass is 79.9. The molecule has 0 bridgehead atoms. The molecule has 0 fully saturated rings. The molecule has 1 atom stereocenters. The van der Waals surface area contributed by atoms with Crippen molar-refractivity contribution in [3.63, 3.8) is 0 Å². The standard InChI is InChI=1S/C14H17BrN4O3/c1-8(13-18-9(2)19-22-13)17-14(20)16-7-10-6-11(15)4-5-12(10)21-3/h4-6,8H,7H2,1-3H3,(H2,16,17,20). The molecule has 1 aromatic heterocycles. The number of benzene rings is 1. The van der Waals surface area contributed by atoms with Crippen molar-refractivity contribution in [1.29, 1.82) is 0 Å². The zero-order chi connectivity index (χ0) is 16.1. The van der Waals surface area contributed by atoms with Crippen molar-refractivity contribution >= 4 is 22.0 Å². The van der Waals surface area contributed by atoms with Crippen LogP contribution < -0.4 is 15.4 Å². The van der Waals surface area contributed by atoms with E-state index in [1.165, 1.54) is 0 Å². The van der Waals surface area contributed by atoms with Gasteiger partial charge < -0.3 is 19.9 Å². The number of halogens is 1. The number of methoxy groups -OCH3 is 1. The summed E-state index contributed by atoms with van der Waals surface area (Å²) in [5.74, 6) is 1.61. The van der Waals surface area contributed by atoms with Gasteiger partial charge in [-0.15, -0.1) is 0 Å². The van der Waals surface area contributed by atoms with Gasteiger partial charge >= 0.3 is 6.03 Å². The molecule has 0 spiro atoms. The van der Waals surface area contributed by atoms with Gasteiger partial charge in [-0.1, -0.05) is 21.1 Å². The van der Waals surface area contributed by atoms with E-state index in [4.69, 9.17) is 9.26 Å². The third-order valence-corrected chi connectivity index (χ3v) is 3.44. The van der Waals surface area contributed by atoms with Gasteiger partial charge in [-0.25, -0.2) is 4.79 Å². The molecule has 7 nitrogen and oxygen atoms in total. The maximum atomic E-state index is 11.9. The molecule has 0 radical (unpaired) electrons. The van der Waals surface area contributed by atoms with Gasteiger partial charge in [0.1, 0.15) is 11.8 Å². The largest absolute Gasteiger partial charge is 0.496 e. The number of amides is 2. The number of aryl methyl sites for hydroxylation is 1. The summed E-state index contributed by atoms with van der Waals surface area (Å²) in [6.45, 7) is 3.83. The predicted octanol–water partition coefficient (Wildman–Crippen LogP) is 2.71. The second-order valence-corrected chi connectivity index (χ2v) is 5.60. The third kappa shape index (κ3) is 4.20. The Labute approximate surface area is 136 Å². The molecule has 1 heterocycles. The van der Waals surface area contributed by atoms with E-state index in [2.05, 4.69) is 36.7 Å². The molecule has 0 aliphatic rings. The summed E-state index contributed by atoms with van der Waals surface area (Å²) in [7, 11) is 1.59. The van der Waals surface area contributed by atoms with E-state index in [0.29, 0.717) is 24.0 Å². The van der Waals surface area contributed by atoms with E-state index in [9.17, 15) is 4.79 Å². The minimum Gasteiger partial charge on any atom is -0.496 e. The van der Waals surface area contributed by atoms with Crippen LogP contribution in [0.1, 0.15) is 30.2 Å². The first-order chi connectivity index (χ1) is 10.5. The number of carbonyl (C=O) groups is 1. The van der Waals surface area contributed by atoms with Crippen molar-refractivity contribution < 1.29 is 14.1 Å². The van der Waals surface area contributed by atoms with Crippen LogP contribution in [0, 0.1) is 6.92 Å². The average molecular weight is 369 g/mol. The number of nitrogens with zero attached hydrogens (tertiary/aromatic N) is 2. The Kier molecular flexibility index (Phi) is 5.37. The van der Waals surface area contributed by atoms with Crippen LogP contribution in [0.2, 0.25) is 0 Å². The number of ether oxygens (including phenoxy) is 1. The molecule has 0 saturated carbocycles. The predicted molar refractivity (Wildman–Crippen MR) is 83.5 cm³/mol. The first-order valence-corrected chi connectivity index (χ1v) is 7.46. The van der Waals surface area contributed by atoms with Gasteiger partial charge in [0.15, 0.2) is 5.82 Å². The van der Waals surface area contributed by atoms with E-state index in [-0.39, 0.29) is 12.1 Å². The Hall–Kier alpha value is -2.09. The highest BCUT2D eigenvalue weighted by Crippen LogP contribution is 2.22. The molecule has 22 heavy (non-hydrogen) atoms. The Morgan fingerprint density at radius 2 is 2.27 bits per heavy atom. The second kappa shape index (κ2) is 7.26. The average Bonchev–Trinajstić information content (AvgIpc) is 2.92. The topological polar surface area (TPSA) is 89.3 Å². The van der Waals surface area contributed by atoms with E-state index >= 15 is 0 Å². The Morgan fingerprint density at radius 1 is 1.50 bits per heavy atom. The van der Waals surface area contributed by atoms with Gasteiger partial charge in [0.05, 0.1) is 7.11 Å². The first kappa shape index (κ1) is 16.3. The molecule has 2 N–H and O–H groups in total. The fourth-order valence-corrected chi connectivity index (χ4v) is 2.27. The van der Waals surface area contributed by atoms with Crippen molar-refractivity contribution in [2.45, 2.75) is 26.4 Å². The number of hydrogen-bond donors (Lipinski definition) is 2. The molecule has 1 unspecified atom stereocenters. The zero-order valence-corrected chi connectivity index (χ0v) is 14.1. The number of aromatic nitrogens is 2. The maximum Gasteiger partial charge on any atom is 0.315 e. The molecule has 118 valence electrons. The van der Waals surface area contributed by atoms with Gasteiger partial charge in [0.25, 0.3) is 0 Å². The van der Waals surface area contributed by atoms with Crippen LogP contribution in [0.25, 0.3) is 0 Å². The van der Waals surface area contributed by atoms with Crippen molar-refractivity contribution in [2.24, 2.45) is 0 Å². The molecular weight excluding hydrogens is 352 g/mol. The molecule has 0 aliphatic heterocycles. The number of hydrogen-bond acceptors (Lipinski definition) is 5. The zero-order valence-electron chi connectivity index (χ0n) is 12.5. The van der Waals surface area contributed by atoms with Gasteiger partial charge in [-0.2, -0.15) is 4.98 Å². The SMILES string of the molecule is COc1ccc(Br)cc1CNC(=O)NC(C)c1nc(C)no1. The molecule has 2 aromatic rings. The summed E-state index contributed by atoms with van der Waals surface area (Å²) in [5, 5.41) is 9.19. The number of rotatable bonds is 5. The Balaban J connectivity index is 1.91. The normalized spacial score (nSPS) is 11.8. The quantitative estimate of drug-likeness (QED) is 0.846. The third-order valence-electron chi connectivity index (χ3n) is 2.94. The van der Waals surface area contributed by atoms with Gasteiger partial charge in [0, 0.05) is 16.6 Å². The van der Waals surface area contributed by atoms with E-state index in [1.807, 2.05) is 18.2 Å². The molecule has 2 rings (SSSR count). The maximum absolute atomic E-state index is 11.9. The summed E-state index contributed by atoms with van der Waals surface area (Å²) in [6, 6.07) is 4.91. The minimum atomic E-state index is -0.370. The number of urea groups is 1. The van der Waals surface area contributed by atoms with Crippen molar-refractivity contribution in [1.82, 2.24) is 20.8 Å². The van der Waals surface area contributed by atoms with Crippen molar-refractivity contribution in [3.05, 3.63) is 40.0 Å². The van der Waals surface area contributed by atoms with Crippen LogP contribution >= 0.6 is 15.9 Å². The van der Waals surface area contributed by atoms with E-state index < -0.39 is 0 Å². The van der Waals surface area contributed by atoms with Gasteiger partial charge in [0.2, 0.25) is 5.89 Å². The molecule has 1 aromatic carbocycles. The Bertz CT molecular complexity index is 659. The number of carbonyl (C=O) groups excluding carboxylic acids is 1. The summed E-state index contributed by atoms with van der Waals surface area (Å²) in [6.07, 6.45) is 0. The van der Waals surface area contributed by atoms with Crippen LogP contribution in [0.5, 0.6) is 5.75 Å². The lowest BCUT2D eigenvalue weighted by Crippen LogP contribution is -2.36. The lowest BCUT2D eigenvalue weighted by Gasteiger charge is -2.13. The van der Waals surface area contributed by atoms with Crippen LogP contribution in [0.4, 0.5) is 4.79 Å². The van der Waals surface area contributed by atoms with E-state index in [0.717, 1.165) is 10.0 Å². The first-order valence-electron chi connectivity index (χ1n) is 6.66. The minimum absolute atomic E-state index is 0.328. The van der Waals surface area contributed by atoms with Crippen LogP contribution in [0.15, 0.2) is 27.2 Å². The molecule has 0 aliphatic carbocycles. The Morgan fingerprint density at radius 3 is 2.91 bits per heavy atom. The van der Waals surface area contributed by atoms with Crippen molar-refractivity contribution in [2.75, 3.05) is 7.11 Å². The summed E-state index contributed by atoms with van der Waals surface area (Å²) in [5.41, 5.74) is 0.869. The lowest BCUT2D eigenvalue weighted by atomic mass is 10.2. The van der Waals surface area contributed by atoms with Gasteiger partial charge in [-0.05, 0) is 32.0 Å². The smallest absolute Gasteiger partial charge is 0.315 e. The highest BCUT2D eigenvalue weighted by Gasteiger charge is 2.15. The van der Waals surface area contributed by atoms with Crippen LogP contribution in [-0.2, 0) is 6.54 Å². The van der Waals surface area contributed by atoms with Gasteiger partial charge in [-0.3, -0.25) is 0 Å². The number of nitrogens with one attached hydrogen (secondary N) is 2. The summed E-state index contributed by atoms with van der Waals surface area (Å²) >= 11 is 3.39. The van der Waals surface area contributed by atoms with Crippen LogP contribution in [0.3, 0.4) is 0 Å². The highest BCUT2D eigenvalue weighted by molar-refractivity contribution is 9.10.